The third-order valence-corrected chi connectivity index (χ3v) is 8.59. The molecule has 2 saturated carbocycles. The van der Waals surface area contributed by atoms with Gasteiger partial charge in [0.15, 0.2) is 12.4 Å². The number of amides is 2. The molecule has 0 aromatic heterocycles. The fourth-order valence-corrected chi connectivity index (χ4v) is 6.49. The molecule has 1 aliphatic heterocycles. The Morgan fingerprint density at radius 1 is 0.795 bits per heavy atom. The molecule has 7 nitrogen and oxygen atoms in total. The molecule has 3 fully saturated rings. The number of esters is 1. The van der Waals surface area contributed by atoms with Crippen LogP contribution in [0.4, 0.5) is 5.69 Å². The van der Waals surface area contributed by atoms with Gasteiger partial charge in [0.25, 0.3) is 5.91 Å². The van der Waals surface area contributed by atoms with E-state index in [1.807, 2.05) is 0 Å². The highest BCUT2D eigenvalue weighted by atomic mass is 35.5. The van der Waals surface area contributed by atoms with Gasteiger partial charge in [-0.05, 0) is 74.2 Å². The Bertz CT molecular complexity index is 1180. The van der Waals surface area contributed by atoms with E-state index in [2.05, 4.69) is 4.90 Å². The molecule has 2 aliphatic carbocycles. The first-order valence-electron chi connectivity index (χ1n) is 14.1. The number of carbonyl (C=O) groups excluding carboxylic acids is 4. The summed E-state index contributed by atoms with van der Waals surface area (Å²) in [6.07, 6.45) is 11.7. The van der Waals surface area contributed by atoms with Crippen LogP contribution in [0.5, 0.6) is 0 Å². The number of benzene rings is 2. The maximum absolute atomic E-state index is 13.7. The summed E-state index contributed by atoms with van der Waals surface area (Å²) in [5.74, 6) is -1.36. The van der Waals surface area contributed by atoms with E-state index in [0.717, 1.165) is 25.7 Å². The third-order valence-electron chi connectivity index (χ3n) is 8.34. The number of ether oxygens (including phenoxy) is 1. The highest BCUT2D eigenvalue weighted by Crippen LogP contribution is 2.36. The molecule has 1 heterocycles. The molecule has 2 aromatic carbocycles. The normalized spacial score (nSPS) is 21.0. The van der Waals surface area contributed by atoms with Crippen LogP contribution in [0.2, 0.25) is 5.02 Å². The molecule has 0 N–H and O–H groups in total. The van der Waals surface area contributed by atoms with Gasteiger partial charge in [-0.2, -0.15) is 0 Å². The molecule has 0 spiro atoms. The summed E-state index contributed by atoms with van der Waals surface area (Å²) < 4.78 is 5.19. The summed E-state index contributed by atoms with van der Waals surface area (Å²) in [6.45, 7) is -0.398. The van der Waals surface area contributed by atoms with Crippen molar-refractivity contribution in [2.24, 2.45) is 0 Å². The van der Waals surface area contributed by atoms with Crippen molar-refractivity contribution in [1.82, 2.24) is 4.90 Å². The molecule has 0 radical (unpaired) electrons. The molecule has 2 amide bonds. The topological polar surface area (TPSA) is 84.0 Å². The van der Waals surface area contributed by atoms with E-state index in [0.29, 0.717) is 28.4 Å². The highest BCUT2D eigenvalue weighted by molar-refractivity contribution is 6.30. The molecular weight excluding hydrogens is 516 g/mol. The van der Waals surface area contributed by atoms with E-state index in [1.54, 1.807) is 36.4 Å². The lowest BCUT2D eigenvalue weighted by Crippen LogP contribution is -2.53. The van der Waals surface area contributed by atoms with E-state index in [1.165, 1.54) is 55.6 Å². The third kappa shape index (κ3) is 6.25. The quantitative estimate of drug-likeness (QED) is 0.228. The second kappa shape index (κ2) is 12.4. The van der Waals surface area contributed by atoms with Gasteiger partial charge in [0.2, 0.25) is 5.91 Å². The molecule has 2 aromatic rings. The summed E-state index contributed by atoms with van der Waals surface area (Å²) in [5.41, 5.74) is 1.09. The number of ketones is 1. The van der Waals surface area contributed by atoms with Gasteiger partial charge < -0.3 is 4.74 Å². The Morgan fingerprint density at radius 3 is 1.90 bits per heavy atom. The smallest absolute Gasteiger partial charge is 0.338 e. The first-order chi connectivity index (χ1) is 18.9. The van der Waals surface area contributed by atoms with Gasteiger partial charge in [-0.25, -0.2) is 9.69 Å². The van der Waals surface area contributed by atoms with Crippen LogP contribution in [0, 0.1) is 0 Å². The van der Waals surface area contributed by atoms with Crippen molar-refractivity contribution in [3.05, 3.63) is 64.7 Å². The molecule has 5 rings (SSSR count). The van der Waals surface area contributed by atoms with Crippen molar-refractivity contribution in [2.45, 2.75) is 88.8 Å². The lowest BCUT2D eigenvalue weighted by atomic mass is 9.87. The second-order valence-corrected chi connectivity index (χ2v) is 11.3. The standard InChI is InChI=1S/C31H35ClN2O5/c32-23-15-11-21(12-16-23)28(35)20-39-31(38)22-13-17-26(18-14-22)34-29(36)19-27(30(34)37)33(24-7-3-1-4-8-24)25-9-5-2-6-10-25/h11-18,24-25,27H,1-10,19-20H2. The number of imide groups is 1. The van der Waals surface area contributed by atoms with Gasteiger partial charge in [-0.3, -0.25) is 19.3 Å². The van der Waals surface area contributed by atoms with Crippen molar-refractivity contribution in [3.8, 4) is 0 Å². The minimum atomic E-state index is -0.651. The number of hydrogen-bond acceptors (Lipinski definition) is 6. The molecule has 1 saturated heterocycles. The van der Waals surface area contributed by atoms with Gasteiger partial charge in [-0.15, -0.1) is 0 Å². The zero-order valence-corrected chi connectivity index (χ0v) is 22.9. The van der Waals surface area contributed by atoms with Gasteiger partial charge >= 0.3 is 5.97 Å². The zero-order chi connectivity index (χ0) is 27.4. The second-order valence-electron chi connectivity index (χ2n) is 10.9. The average molecular weight is 551 g/mol. The minimum Gasteiger partial charge on any atom is -0.454 e. The molecule has 3 aliphatic rings. The summed E-state index contributed by atoms with van der Waals surface area (Å²) >= 11 is 5.85. The van der Waals surface area contributed by atoms with Crippen molar-refractivity contribution in [2.75, 3.05) is 11.5 Å². The van der Waals surface area contributed by atoms with E-state index >= 15 is 0 Å². The van der Waals surface area contributed by atoms with Gasteiger partial charge in [0.1, 0.15) is 0 Å². The van der Waals surface area contributed by atoms with Crippen LogP contribution in [0.15, 0.2) is 48.5 Å². The Labute approximate surface area is 234 Å². The van der Waals surface area contributed by atoms with Crippen LogP contribution in [0.3, 0.4) is 0 Å². The van der Waals surface area contributed by atoms with Crippen LogP contribution in [0.1, 0.15) is 91.3 Å². The van der Waals surface area contributed by atoms with E-state index in [-0.39, 0.29) is 29.6 Å². The van der Waals surface area contributed by atoms with Gasteiger partial charge in [-0.1, -0.05) is 50.1 Å². The molecular formula is C31H35ClN2O5. The maximum Gasteiger partial charge on any atom is 0.338 e. The molecule has 0 bridgehead atoms. The lowest BCUT2D eigenvalue weighted by molar-refractivity contribution is -0.124. The monoisotopic (exact) mass is 550 g/mol. The van der Waals surface area contributed by atoms with E-state index in [9.17, 15) is 19.2 Å². The van der Waals surface area contributed by atoms with Gasteiger partial charge in [0, 0.05) is 22.7 Å². The zero-order valence-electron chi connectivity index (χ0n) is 22.1. The fourth-order valence-electron chi connectivity index (χ4n) is 6.37. The SMILES string of the molecule is O=C(COC(=O)c1ccc(N2C(=O)CC(N(C3CCCCC3)C3CCCCC3)C2=O)cc1)c1ccc(Cl)cc1. The van der Waals surface area contributed by atoms with Crippen LogP contribution in [-0.2, 0) is 14.3 Å². The molecule has 8 heteroatoms. The summed E-state index contributed by atoms with van der Waals surface area (Å²) in [6, 6.07) is 12.9. The van der Waals surface area contributed by atoms with Crippen LogP contribution in [-0.4, -0.2) is 53.2 Å². The Morgan fingerprint density at radius 2 is 1.33 bits per heavy atom. The summed E-state index contributed by atoms with van der Waals surface area (Å²) in [4.78, 5) is 55.4. The Kier molecular flexibility index (Phi) is 8.78. The van der Waals surface area contributed by atoms with Crippen molar-refractivity contribution in [3.63, 3.8) is 0 Å². The van der Waals surface area contributed by atoms with Crippen molar-refractivity contribution >= 4 is 40.9 Å². The molecule has 39 heavy (non-hydrogen) atoms. The number of anilines is 1. The molecule has 206 valence electrons. The summed E-state index contributed by atoms with van der Waals surface area (Å²) in [5, 5.41) is 0.514. The van der Waals surface area contributed by atoms with Crippen LogP contribution < -0.4 is 4.90 Å². The molecule has 1 atom stereocenters. The minimum absolute atomic E-state index is 0.167. The number of nitrogens with zero attached hydrogens (tertiary/aromatic N) is 2. The highest BCUT2D eigenvalue weighted by Gasteiger charge is 2.47. The average Bonchev–Trinajstić information content (AvgIpc) is 3.26. The first-order valence-corrected chi connectivity index (χ1v) is 14.5. The Balaban J connectivity index is 1.25. The number of halogens is 1. The number of carbonyl (C=O) groups is 4. The van der Waals surface area contributed by atoms with Crippen molar-refractivity contribution < 1.29 is 23.9 Å². The Hall–Kier alpha value is -3.03. The lowest BCUT2D eigenvalue weighted by Gasteiger charge is -2.44. The van der Waals surface area contributed by atoms with Crippen molar-refractivity contribution in [1.29, 1.82) is 0 Å². The van der Waals surface area contributed by atoms with Gasteiger partial charge in [0.05, 0.1) is 23.7 Å². The largest absolute Gasteiger partial charge is 0.454 e. The number of Topliss-reactive ketones (excluding diaryl/α,β-unsaturated/α-hetero) is 1. The molecule has 1 unspecified atom stereocenters. The predicted octanol–water partition coefficient (Wildman–Crippen LogP) is 5.98. The predicted molar refractivity (Wildman–Crippen MR) is 149 cm³/mol. The van der Waals surface area contributed by atoms with Crippen LogP contribution >= 0.6 is 11.6 Å². The fraction of sp³-hybridized carbons (Fsp3) is 0.484. The summed E-state index contributed by atoms with van der Waals surface area (Å²) in [7, 11) is 0. The number of hydrogen-bond donors (Lipinski definition) is 0. The van der Waals surface area contributed by atoms with E-state index in [4.69, 9.17) is 16.3 Å². The first kappa shape index (κ1) is 27.5. The number of rotatable bonds is 8. The van der Waals surface area contributed by atoms with Crippen LogP contribution in [0.25, 0.3) is 0 Å². The maximum atomic E-state index is 13.7. The van der Waals surface area contributed by atoms with E-state index < -0.39 is 18.6 Å².